The fourth-order valence-corrected chi connectivity index (χ4v) is 3.09. The van der Waals surface area contributed by atoms with Gasteiger partial charge in [-0.2, -0.15) is 0 Å². The van der Waals surface area contributed by atoms with Crippen LogP contribution in [-0.2, 0) is 0 Å². The van der Waals surface area contributed by atoms with Crippen molar-refractivity contribution in [2.75, 3.05) is 0 Å². The minimum atomic E-state index is 1.46. The van der Waals surface area contributed by atoms with Gasteiger partial charge in [-0.15, -0.1) is 0 Å². The Morgan fingerprint density at radius 3 is 0.786 bits per heavy atom. The third-order valence-corrected chi connectivity index (χ3v) is 4.62. The fraction of sp³-hybridized carbons (Fsp3) is 1.00. The predicted octanol–water partition coefficient (Wildman–Crippen LogP) is 4.06. The van der Waals surface area contributed by atoms with E-state index in [4.69, 9.17) is 0 Å². The van der Waals surface area contributed by atoms with Crippen molar-refractivity contribution < 1.29 is 0 Å². The average molecular weight is 406 g/mol. The van der Waals surface area contributed by atoms with Crippen LogP contribution >= 0.6 is 0 Å². The summed E-state index contributed by atoms with van der Waals surface area (Å²) in [6, 6.07) is 0. The molecule has 0 amide bonds. The summed E-state index contributed by atoms with van der Waals surface area (Å²) >= 11 is 3.44. The summed E-state index contributed by atoms with van der Waals surface area (Å²) in [6.07, 6.45) is 14.9. The van der Waals surface area contributed by atoms with Gasteiger partial charge < -0.3 is 0 Å². The first-order valence-electron chi connectivity index (χ1n) is 6.21. The van der Waals surface area contributed by atoms with Crippen molar-refractivity contribution in [2.24, 2.45) is 0 Å². The van der Waals surface area contributed by atoms with E-state index < -0.39 is 0 Å². The Kier molecular flexibility index (Phi) is 16.3. The van der Waals surface area contributed by atoms with E-state index in [9.17, 15) is 0 Å². The predicted molar refractivity (Wildman–Crippen MR) is 67.3 cm³/mol. The Balaban J connectivity index is 2.78. The topological polar surface area (TPSA) is 0 Å². The molecule has 0 saturated carbocycles. The van der Waals surface area contributed by atoms with Crippen LogP contribution < -0.4 is 0 Å². The first kappa shape index (κ1) is 15.6. The van der Waals surface area contributed by atoms with Gasteiger partial charge >= 0.3 is 118 Å². The molecule has 14 heavy (non-hydrogen) atoms. The molecule has 0 aromatic carbocycles. The standard InChI is InChI=1S/C12H24.2Sn/c1-3-5-7-9-11-12-10-8-6-4-2;;/h1-12H2;;. The summed E-state index contributed by atoms with van der Waals surface area (Å²) in [5.74, 6) is 0. The summed E-state index contributed by atoms with van der Waals surface area (Å²) in [5, 5.41) is 0. The Hall–Kier alpha value is 1.60. The Bertz CT molecular complexity index is 82.3. The Labute approximate surface area is 117 Å². The van der Waals surface area contributed by atoms with Gasteiger partial charge in [-0.3, -0.25) is 0 Å². The van der Waals surface area contributed by atoms with Gasteiger partial charge in [-0.05, 0) is 0 Å². The molecule has 0 nitrogen and oxygen atoms in total. The van der Waals surface area contributed by atoms with Crippen molar-refractivity contribution in [2.45, 2.75) is 73.1 Å². The van der Waals surface area contributed by atoms with Gasteiger partial charge in [0.25, 0.3) is 0 Å². The molecule has 0 N–H and O–H groups in total. The summed E-state index contributed by atoms with van der Waals surface area (Å²) < 4.78 is 2.93. The van der Waals surface area contributed by atoms with Gasteiger partial charge in [0.05, 0.1) is 0 Å². The SMILES string of the molecule is [Sn][CH2]CCCCCCCCCC[CH2][Sn]. The van der Waals surface area contributed by atoms with Crippen LogP contribution in [0, 0.1) is 0 Å². The Morgan fingerprint density at radius 2 is 0.571 bits per heavy atom. The molecule has 0 aliphatic heterocycles. The van der Waals surface area contributed by atoms with E-state index in [1.807, 2.05) is 0 Å². The molecule has 0 heterocycles. The Morgan fingerprint density at radius 1 is 0.357 bits per heavy atom. The maximum absolute atomic E-state index is 1.72. The first-order valence-corrected chi connectivity index (χ1v) is 10.2. The molecule has 0 aromatic heterocycles. The van der Waals surface area contributed by atoms with Crippen LogP contribution in [0.4, 0.5) is 0 Å². The molecule has 2 heteroatoms. The van der Waals surface area contributed by atoms with Crippen molar-refractivity contribution in [1.82, 2.24) is 0 Å². The molecule has 0 aliphatic rings. The van der Waals surface area contributed by atoms with Crippen LogP contribution in [0.3, 0.4) is 0 Å². The number of hydrogen-bond donors (Lipinski definition) is 0. The molecular weight excluding hydrogens is 382 g/mol. The average Bonchev–Trinajstić information content (AvgIpc) is 2.21. The second kappa shape index (κ2) is 14.6. The molecule has 0 bridgehead atoms. The monoisotopic (exact) mass is 408 g/mol. The third kappa shape index (κ3) is 13.6. The van der Waals surface area contributed by atoms with Gasteiger partial charge in [0.2, 0.25) is 0 Å². The van der Waals surface area contributed by atoms with E-state index >= 15 is 0 Å². The van der Waals surface area contributed by atoms with Crippen molar-refractivity contribution >= 4 is 45.0 Å². The van der Waals surface area contributed by atoms with Gasteiger partial charge in [0, 0.05) is 0 Å². The summed E-state index contributed by atoms with van der Waals surface area (Å²) in [6.45, 7) is 0. The maximum atomic E-state index is 1.72. The van der Waals surface area contributed by atoms with E-state index in [1.165, 1.54) is 73.1 Å². The molecule has 0 unspecified atom stereocenters. The molecule has 0 saturated heterocycles. The molecular formula is C12H24Sn2. The van der Waals surface area contributed by atoms with Crippen LogP contribution in [0.1, 0.15) is 64.2 Å². The van der Waals surface area contributed by atoms with E-state index in [0.717, 1.165) is 0 Å². The van der Waals surface area contributed by atoms with E-state index in [1.54, 1.807) is 45.0 Å². The van der Waals surface area contributed by atoms with Gasteiger partial charge in [-0.25, -0.2) is 0 Å². The number of hydrogen-bond acceptors (Lipinski definition) is 0. The van der Waals surface area contributed by atoms with Gasteiger partial charge in [-0.1, -0.05) is 0 Å². The van der Waals surface area contributed by atoms with Crippen molar-refractivity contribution in [3.63, 3.8) is 0 Å². The zero-order valence-electron chi connectivity index (χ0n) is 9.49. The molecule has 0 aliphatic carbocycles. The van der Waals surface area contributed by atoms with Crippen LogP contribution in [0.15, 0.2) is 0 Å². The minimum absolute atomic E-state index is 1.46. The summed E-state index contributed by atoms with van der Waals surface area (Å²) in [4.78, 5) is 0. The second-order valence-electron chi connectivity index (χ2n) is 4.04. The van der Waals surface area contributed by atoms with Crippen LogP contribution in [0.2, 0.25) is 8.87 Å². The number of rotatable bonds is 11. The van der Waals surface area contributed by atoms with Crippen molar-refractivity contribution in [1.29, 1.82) is 0 Å². The molecule has 0 aromatic rings. The molecule has 0 atom stereocenters. The first-order chi connectivity index (χ1) is 6.91. The summed E-state index contributed by atoms with van der Waals surface area (Å²) in [7, 11) is 0. The molecule has 0 fully saturated rings. The molecule has 6 radical (unpaired) electrons. The quantitative estimate of drug-likeness (QED) is 0.359. The molecule has 0 rings (SSSR count). The zero-order chi connectivity index (χ0) is 10.5. The molecule has 80 valence electrons. The van der Waals surface area contributed by atoms with E-state index in [0.29, 0.717) is 0 Å². The third-order valence-electron chi connectivity index (χ3n) is 2.60. The molecule has 0 spiro atoms. The van der Waals surface area contributed by atoms with Crippen molar-refractivity contribution in [3.8, 4) is 0 Å². The van der Waals surface area contributed by atoms with Crippen molar-refractivity contribution in [3.05, 3.63) is 0 Å². The van der Waals surface area contributed by atoms with Crippen LogP contribution in [0.5, 0.6) is 0 Å². The fourth-order valence-electron chi connectivity index (χ4n) is 1.66. The van der Waals surface area contributed by atoms with Gasteiger partial charge in [0.15, 0.2) is 0 Å². The zero-order valence-corrected chi connectivity index (χ0v) is 15.2. The van der Waals surface area contributed by atoms with E-state index in [2.05, 4.69) is 0 Å². The second-order valence-corrected chi connectivity index (χ2v) is 6.89. The van der Waals surface area contributed by atoms with Gasteiger partial charge in [0.1, 0.15) is 0 Å². The van der Waals surface area contributed by atoms with E-state index in [-0.39, 0.29) is 0 Å². The number of unbranched alkanes of at least 4 members (excludes halogenated alkanes) is 9. The van der Waals surface area contributed by atoms with Crippen LogP contribution in [0.25, 0.3) is 0 Å². The van der Waals surface area contributed by atoms with Crippen LogP contribution in [-0.4, -0.2) is 45.0 Å². The normalized spacial score (nSPS) is 10.7. The summed E-state index contributed by atoms with van der Waals surface area (Å²) in [5.41, 5.74) is 0.